The highest BCUT2D eigenvalue weighted by Gasteiger charge is 2.08. The number of aromatic nitrogens is 1. The monoisotopic (exact) mass is 286 g/mol. The van der Waals surface area contributed by atoms with Crippen molar-refractivity contribution in [2.24, 2.45) is 0 Å². The van der Waals surface area contributed by atoms with Gasteiger partial charge in [-0.05, 0) is 35.8 Å². The quantitative estimate of drug-likeness (QED) is 0.862. The van der Waals surface area contributed by atoms with Crippen molar-refractivity contribution in [2.45, 2.75) is 26.7 Å². The van der Waals surface area contributed by atoms with Crippen LogP contribution in [0.15, 0.2) is 10.5 Å². The minimum Gasteiger partial charge on any atom is -0.466 e. The van der Waals surface area contributed by atoms with Crippen molar-refractivity contribution in [3.05, 3.63) is 21.9 Å². The van der Waals surface area contributed by atoms with Gasteiger partial charge in [-0.1, -0.05) is 0 Å². The number of pyridine rings is 1. The van der Waals surface area contributed by atoms with Gasteiger partial charge < -0.3 is 10.5 Å². The summed E-state index contributed by atoms with van der Waals surface area (Å²) in [4.78, 5) is 15.5. The highest BCUT2D eigenvalue weighted by molar-refractivity contribution is 9.10. The second-order valence-corrected chi connectivity index (χ2v) is 4.25. The second kappa shape index (κ2) is 5.84. The maximum atomic E-state index is 11.2. The SMILES string of the molecule is CCOC(=O)CCc1nc(C)c(Br)cc1N. The average Bonchev–Trinajstić information content (AvgIpc) is 2.22. The van der Waals surface area contributed by atoms with Gasteiger partial charge in [0.05, 0.1) is 30.1 Å². The molecule has 0 aliphatic heterocycles. The van der Waals surface area contributed by atoms with E-state index in [1.807, 2.05) is 13.0 Å². The normalized spacial score (nSPS) is 10.2. The summed E-state index contributed by atoms with van der Waals surface area (Å²) in [5, 5.41) is 0. The zero-order valence-corrected chi connectivity index (χ0v) is 11.0. The van der Waals surface area contributed by atoms with E-state index in [9.17, 15) is 4.79 Å². The van der Waals surface area contributed by atoms with Crippen molar-refractivity contribution in [1.29, 1.82) is 0 Å². The van der Waals surface area contributed by atoms with Crippen molar-refractivity contribution in [1.82, 2.24) is 4.98 Å². The number of ether oxygens (including phenoxy) is 1. The lowest BCUT2D eigenvalue weighted by Crippen LogP contribution is -2.08. The Morgan fingerprint density at radius 1 is 1.62 bits per heavy atom. The first-order chi connectivity index (χ1) is 7.54. The molecule has 5 heteroatoms. The number of carbonyl (C=O) groups excluding carboxylic acids is 1. The molecule has 0 fully saturated rings. The minimum atomic E-state index is -0.218. The lowest BCUT2D eigenvalue weighted by Gasteiger charge is -2.07. The van der Waals surface area contributed by atoms with Gasteiger partial charge in [0.25, 0.3) is 0 Å². The number of halogens is 1. The molecule has 1 rings (SSSR count). The molecular formula is C11H15BrN2O2. The topological polar surface area (TPSA) is 65.2 Å². The van der Waals surface area contributed by atoms with E-state index in [4.69, 9.17) is 10.5 Å². The lowest BCUT2D eigenvalue weighted by molar-refractivity contribution is -0.143. The Morgan fingerprint density at radius 2 is 2.31 bits per heavy atom. The van der Waals surface area contributed by atoms with Crippen molar-refractivity contribution >= 4 is 27.6 Å². The fraction of sp³-hybridized carbons (Fsp3) is 0.455. The molecule has 88 valence electrons. The van der Waals surface area contributed by atoms with Crippen LogP contribution in [0.25, 0.3) is 0 Å². The van der Waals surface area contributed by atoms with Gasteiger partial charge in [0.2, 0.25) is 0 Å². The van der Waals surface area contributed by atoms with Gasteiger partial charge in [-0.2, -0.15) is 0 Å². The summed E-state index contributed by atoms with van der Waals surface area (Å²) in [7, 11) is 0. The molecule has 1 aromatic heterocycles. The number of anilines is 1. The molecule has 0 spiro atoms. The molecular weight excluding hydrogens is 272 g/mol. The first-order valence-corrected chi connectivity index (χ1v) is 5.91. The van der Waals surface area contributed by atoms with E-state index in [2.05, 4.69) is 20.9 Å². The van der Waals surface area contributed by atoms with Gasteiger partial charge in [-0.3, -0.25) is 9.78 Å². The van der Waals surface area contributed by atoms with Crippen LogP contribution in [-0.4, -0.2) is 17.6 Å². The van der Waals surface area contributed by atoms with Crippen LogP contribution in [0, 0.1) is 6.92 Å². The van der Waals surface area contributed by atoms with Crippen LogP contribution in [0.3, 0.4) is 0 Å². The first kappa shape index (κ1) is 13.0. The zero-order chi connectivity index (χ0) is 12.1. The van der Waals surface area contributed by atoms with Crippen LogP contribution in [0.5, 0.6) is 0 Å². The standard InChI is InChI=1S/C11H15BrN2O2/c1-3-16-11(15)5-4-10-9(13)6-8(12)7(2)14-10/h6H,3-5,13H2,1-2H3. The van der Waals surface area contributed by atoms with Gasteiger partial charge >= 0.3 is 5.97 Å². The number of nitrogen functional groups attached to an aromatic ring is 1. The van der Waals surface area contributed by atoms with Gasteiger partial charge in [-0.25, -0.2) is 0 Å². The molecule has 0 bridgehead atoms. The summed E-state index contributed by atoms with van der Waals surface area (Å²) in [6, 6.07) is 1.81. The molecule has 0 saturated heterocycles. The maximum Gasteiger partial charge on any atom is 0.306 e. The second-order valence-electron chi connectivity index (χ2n) is 3.40. The van der Waals surface area contributed by atoms with Crippen LogP contribution in [0.4, 0.5) is 5.69 Å². The van der Waals surface area contributed by atoms with E-state index >= 15 is 0 Å². The summed E-state index contributed by atoms with van der Waals surface area (Å²) in [5.74, 6) is -0.218. The van der Waals surface area contributed by atoms with Crippen LogP contribution >= 0.6 is 15.9 Å². The highest BCUT2D eigenvalue weighted by Crippen LogP contribution is 2.21. The third kappa shape index (κ3) is 3.48. The van der Waals surface area contributed by atoms with Crippen molar-refractivity contribution in [3.63, 3.8) is 0 Å². The highest BCUT2D eigenvalue weighted by atomic mass is 79.9. The Morgan fingerprint density at radius 3 is 2.94 bits per heavy atom. The summed E-state index contributed by atoms with van der Waals surface area (Å²) in [6.07, 6.45) is 0.824. The largest absolute Gasteiger partial charge is 0.466 e. The molecule has 1 aromatic rings. The predicted octanol–water partition coefficient (Wildman–Crippen LogP) is 2.23. The van der Waals surface area contributed by atoms with E-state index in [1.165, 1.54) is 0 Å². The minimum absolute atomic E-state index is 0.218. The summed E-state index contributed by atoms with van der Waals surface area (Å²) >= 11 is 3.35. The number of hydrogen-bond donors (Lipinski definition) is 1. The lowest BCUT2D eigenvalue weighted by atomic mass is 10.2. The molecule has 2 N–H and O–H groups in total. The Hall–Kier alpha value is -1.10. The average molecular weight is 287 g/mol. The van der Waals surface area contributed by atoms with Gasteiger partial charge in [0.15, 0.2) is 0 Å². The fourth-order valence-corrected chi connectivity index (χ4v) is 1.63. The molecule has 0 unspecified atom stereocenters. The number of nitrogens with zero attached hydrogens (tertiary/aromatic N) is 1. The summed E-state index contributed by atoms with van der Waals surface area (Å²) in [5.41, 5.74) is 8.02. The molecule has 0 aromatic carbocycles. The number of carbonyl (C=O) groups is 1. The van der Waals surface area contributed by atoms with Gasteiger partial charge in [0, 0.05) is 10.9 Å². The smallest absolute Gasteiger partial charge is 0.306 e. The molecule has 16 heavy (non-hydrogen) atoms. The molecule has 4 nitrogen and oxygen atoms in total. The molecule has 1 heterocycles. The number of esters is 1. The Bertz CT molecular complexity index is 394. The van der Waals surface area contributed by atoms with Gasteiger partial charge in [-0.15, -0.1) is 0 Å². The number of aryl methyl sites for hydroxylation is 2. The van der Waals surface area contributed by atoms with Crippen LogP contribution in [0.2, 0.25) is 0 Å². The van der Waals surface area contributed by atoms with Gasteiger partial charge in [0.1, 0.15) is 0 Å². The van der Waals surface area contributed by atoms with E-state index in [0.717, 1.165) is 15.9 Å². The molecule has 0 aliphatic carbocycles. The van der Waals surface area contributed by atoms with Crippen LogP contribution in [0.1, 0.15) is 24.7 Å². The van der Waals surface area contributed by atoms with E-state index in [-0.39, 0.29) is 5.97 Å². The molecule has 0 saturated carbocycles. The van der Waals surface area contributed by atoms with Crippen molar-refractivity contribution in [3.8, 4) is 0 Å². The number of hydrogen-bond acceptors (Lipinski definition) is 4. The van der Waals surface area contributed by atoms with E-state index in [1.54, 1.807) is 6.92 Å². The third-order valence-electron chi connectivity index (χ3n) is 2.14. The fourth-order valence-electron chi connectivity index (χ4n) is 1.30. The summed E-state index contributed by atoms with van der Waals surface area (Å²) in [6.45, 7) is 4.08. The molecule has 0 aliphatic rings. The predicted molar refractivity (Wildman–Crippen MR) is 66.0 cm³/mol. The van der Waals surface area contributed by atoms with Crippen LogP contribution in [-0.2, 0) is 16.0 Å². The molecule has 0 amide bonds. The Kier molecular flexibility index (Phi) is 4.73. The zero-order valence-electron chi connectivity index (χ0n) is 9.42. The van der Waals surface area contributed by atoms with Crippen molar-refractivity contribution in [2.75, 3.05) is 12.3 Å². The number of rotatable bonds is 4. The Balaban J connectivity index is 2.67. The van der Waals surface area contributed by atoms with E-state index < -0.39 is 0 Å². The molecule has 0 radical (unpaired) electrons. The third-order valence-corrected chi connectivity index (χ3v) is 2.94. The van der Waals surface area contributed by atoms with Crippen molar-refractivity contribution < 1.29 is 9.53 Å². The van der Waals surface area contributed by atoms with Crippen LogP contribution < -0.4 is 5.73 Å². The summed E-state index contributed by atoms with van der Waals surface area (Å²) < 4.78 is 5.72. The Labute approximate surface area is 103 Å². The van der Waals surface area contributed by atoms with E-state index in [0.29, 0.717) is 25.1 Å². The number of nitrogens with two attached hydrogens (primary N) is 1. The maximum absolute atomic E-state index is 11.2. The molecule has 0 atom stereocenters. The first-order valence-electron chi connectivity index (χ1n) is 5.11.